The van der Waals surface area contributed by atoms with Crippen LogP contribution >= 0.6 is 11.8 Å². The monoisotopic (exact) mass is 642 g/mol. The summed E-state index contributed by atoms with van der Waals surface area (Å²) in [6, 6.07) is -2.62. The zero-order valence-corrected chi connectivity index (χ0v) is 30.3. The summed E-state index contributed by atoms with van der Waals surface area (Å²) in [4.78, 5) is 73.0. The van der Waals surface area contributed by atoms with Gasteiger partial charge in [0.25, 0.3) is 5.91 Å². The first-order valence-corrected chi connectivity index (χ1v) is 17.2. The van der Waals surface area contributed by atoms with Gasteiger partial charge in [-0.15, -0.1) is 11.8 Å². The molecular weight excluding hydrogens is 580 g/mol. The Balaban J connectivity index is 6.10. The number of primary amides is 1. The van der Waals surface area contributed by atoms with Crippen molar-refractivity contribution in [1.82, 2.24) is 24.9 Å². The highest BCUT2D eigenvalue weighted by Gasteiger charge is 2.39. The Labute approximate surface area is 271 Å². The lowest BCUT2D eigenvalue weighted by Gasteiger charge is -2.37. The third-order valence-electron chi connectivity index (χ3n) is 7.94. The zero-order chi connectivity index (χ0) is 34.3. The molecule has 0 saturated heterocycles. The molecule has 0 bridgehead atoms. The Bertz CT molecular complexity index is 927. The van der Waals surface area contributed by atoms with Crippen molar-refractivity contribution in [3.63, 3.8) is 0 Å². The molecule has 0 aromatic rings. The molecule has 11 nitrogen and oxygen atoms in total. The van der Waals surface area contributed by atoms with Crippen molar-refractivity contribution in [1.29, 1.82) is 0 Å². The number of amides is 5. The van der Waals surface area contributed by atoms with Crippen LogP contribution in [-0.4, -0.2) is 119 Å². The molecule has 0 rings (SSSR count). The maximum absolute atomic E-state index is 14.0. The average molecular weight is 643 g/mol. The number of carbonyl (C=O) groups is 5. The first kappa shape index (κ1) is 41.7. The molecule has 0 heterocycles. The van der Waals surface area contributed by atoms with Crippen molar-refractivity contribution in [3.05, 3.63) is 0 Å². The lowest BCUT2D eigenvalue weighted by molar-refractivity contribution is -0.147. The molecule has 0 spiro atoms. The van der Waals surface area contributed by atoms with E-state index in [0.29, 0.717) is 25.0 Å². The van der Waals surface area contributed by atoms with E-state index in [1.807, 2.05) is 48.5 Å². The molecule has 4 atom stereocenters. The Morgan fingerprint density at radius 3 is 1.80 bits per heavy atom. The van der Waals surface area contributed by atoms with E-state index in [9.17, 15) is 24.0 Å². The Morgan fingerprint density at radius 1 is 0.795 bits per heavy atom. The largest absolute Gasteiger partial charge is 0.368 e. The van der Waals surface area contributed by atoms with Crippen molar-refractivity contribution in [2.75, 3.05) is 46.5 Å². The first-order chi connectivity index (χ1) is 20.5. The van der Waals surface area contributed by atoms with Crippen LogP contribution in [0.15, 0.2) is 0 Å². The molecule has 0 unspecified atom stereocenters. The highest BCUT2D eigenvalue weighted by molar-refractivity contribution is 8.00. The minimum absolute atomic E-state index is 0.125. The zero-order valence-electron chi connectivity index (χ0n) is 29.5. The molecule has 0 radical (unpaired) electrons. The second-order valence-corrected chi connectivity index (χ2v) is 13.9. The van der Waals surface area contributed by atoms with Gasteiger partial charge in [0, 0.05) is 27.6 Å². The third-order valence-corrected chi connectivity index (χ3v) is 9.30. The van der Waals surface area contributed by atoms with Gasteiger partial charge in [-0.05, 0) is 62.4 Å². The molecule has 12 heteroatoms. The van der Waals surface area contributed by atoms with Crippen molar-refractivity contribution in [3.8, 4) is 0 Å². The van der Waals surface area contributed by atoms with Crippen LogP contribution in [0.4, 0.5) is 0 Å². The Kier molecular flexibility index (Phi) is 19.5. The van der Waals surface area contributed by atoms with Crippen LogP contribution in [0.25, 0.3) is 0 Å². The molecule has 0 aliphatic rings. The minimum Gasteiger partial charge on any atom is -0.368 e. The molecule has 44 heavy (non-hydrogen) atoms. The average Bonchev–Trinajstić information content (AvgIpc) is 2.94. The molecule has 0 aromatic carbocycles. The van der Waals surface area contributed by atoms with Gasteiger partial charge in [0.05, 0.1) is 0 Å². The van der Waals surface area contributed by atoms with Gasteiger partial charge < -0.3 is 30.7 Å². The summed E-state index contributed by atoms with van der Waals surface area (Å²) in [7, 11) is 4.76. The van der Waals surface area contributed by atoms with E-state index in [1.165, 1.54) is 33.5 Å². The van der Waals surface area contributed by atoms with Crippen LogP contribution in [0.5, 0.6) is 0 Å². The van der Waals surface area contributed by atoms with Crippen LogP contribution < -0.4 is 11.1 Å². The summed E-state index contributed by atoms with van der Waals surface area (Å²) < 4.78 is 0. The molecule has 5 amide bonds. The van der Waals surface area contributed by atoms with Gasteiger partial charge in [-0.3, -0.25) is 24.0 Å². The van der Waals surface area contributed by atoms with Crippen LogP contribution in [0, 0.1) is 17.8 Å². The standard InChI is InChI=1S/C32H62N6O5S/c1-13-17-25(39)36(11)32(44-19-16-18-38(14-2)15-3)31(43)37(12)27(23(8)9)29(41)34-26(22(6)7)30(42)35(10)24(28(33)40)20-21(4)5/h21-24,26-27,32H,13-20H2,1-12H3,(H2,33,40)(H,34,41)/t24-,26-,27-,32+/m0/s1. The third kappa shape index (κ3) is 12.9. The van der Waals surface area contributed by atoms with E-state index in [0.717, 1.165) is 26.1 Å². The number of nitrogens with one attached hydrogen (secondary N) is 1. The quantitative estimate of drug-likeness (QED) is 0.145. The van der Waals surface area contributed by atoms with Gasteiger partial charge in [0.2, 0.25) is 23.6 Å². The molecular formula is C32H62N6O5S. The van der Waals surface area contributed by atoms with Crippen LogP contribution in [-0.2, 0) is 24.0 Å². The van der Waals surface area contributed by atoms with E-state index in [4.69, 9.17) is 5.73 Å². The van der Waals surface area contributed by atoms with Crippen LogP contribution in [0.3, 0.4) is 0 Å². The number of carbonyl (C=O) groups excluding carboxylic acids is 5. The SMILES string of the molecule is CCCC(=O)N(C)[C@H](SCCCN(CC)CC)C(=O)N(C)[C@H](C(=O)N[C@H](C(=O)N(C)[C@@H](CC(C)C)C(N)=O)C(C)C)C(C)C. The predicted octanol–water partition coefficient (Wildman–Crippen LogP) is 3.02. The highest BCUT2D eigenvalue weighted by Crippen LogP contribution is 2.23. The lowest BCUT2D eigenvalue weighted by Crippen LogP contribution is -2.60. The summed E-state index contributed by atoms with van der Waals surface area (Å²) in [6.07, 6.45) is 2.25. The molecule has 3 N–H and O–H groups in total. The van der Waals surface area contributed by atoms with E-state index < -0.39 is 41.2 Å². The Morgan fingerprint density at radius 2 is 1.36 bits per heavy atom. The van der Waals surface area contributed by atoms with Crippen molar-refractivity contribution < 1.29 is 24.0 Å². The van der Waals surface area contributed by atoms with Gasteiger partial charge in [0.1, 0.15) is 18.1 Å². The van der Waals surface area contributed by atoms with Crippen molar-refractivity contribution in [2.45, 2.75) is 111 Å². The van der Waals surface area contributed by atoms with E-state index in [1.54, 1.807) is 14.1 Å². The highest BCUT2D eigenvalue weighted by atomic mass is 32.2. The van der Waals surface area contributed by atoms with E-state index >= 15 is 0 Å². The van der Waals surface area contributed by atoms with Gasteiger partial charge in [-0.1, -0.05) is 62.3 Å². The number of nitrogens with two attached hydrogens (primary N) is 1. The summed E-state index contributed by atoms with van der Waals surface area (Å²) in [5, 5.41) is 2.10. The van der Waals surface area contributed by atoms with Gasteiger partial charge in [0.15, 0.2) is 5.37 Å². The molecule has 256 valence electrons. The Hall–Kier alpha value is -2.34. The van der Waals surface area contributed by atoms with Gasteiger partial charge in [-0.25, -0.2) is 0 Å². The summed E-state index contributed by atoms with van der Waals surface area (Å²) in [5.41, 5.74) is 5.63. The minimum atomic E-state index is -0.926. The van der Waals surface area contributed by atoms with Gasteiger partial charge >= 0.3 is 0 Å². The molecule has 0 aromatic heterocycles. The number of rotatable bonds is 21. The van der Waals surface area contributed by atoms with Crippen molar-refractivity contribution in [2.24, 2.45) is 23.5 Å². The van der Waals surface area contributed by atoms with Crippen LogP contribution in [0.1, 0.15) is 88.0 Å². The van der Waals surface area contributed by atoms with Crippen LogP contribution in [0.2, 0.25) is 0 Å². The molecule has 0 aliphatic carbocycles. The fraction of sp³-hybridized carbons (Fsp3) is 0.844. The first-order valence-electron chi connectivity index (χ1n) is 16.2. The second kappa shape index (κ2) is 20.6. The fourth-order valence-electron chi connectivity index (χ4n) is 5.17. The smallest absolute Gasteiger partial charge is 0.256 e. The molecule has 0 fully saturated rings. The van der Waals surface area contributed by atoms with Gasteiger partial charge in [-0.2, -0.15) is 0 Å². The maximum atomic E-state index is 14.0. The predicted molar refractivity (Wildman–Crippen MR) is 180 cm³/mol. The molecule has 0 aliphatic heterocycles. The number of thioether (sulfide) groups is 1. The number of hydrogen-bond donors (Lipinski definition) is 2. The normalized spacial score (nSPS) is 14.4. The summed E-state index contributed by atoms with van der Waals surface area (Å²) >= 11 is 1.41. The summed E-state index contributed by atoms with van der Waals surface area (Å²) in [6.45, 7) is 20.1. The van der Waals surface area contributed by atoms with Crippen molar-refractivity contribution >= 4 is 41.3 Å². The topological polar surface area (TPSA) is 136 Å². The van der Waals surface area contributed by atoms with E-state index in [2.05, 4.69) is 24.1 Å². The summed E-state index contributed by atoms with van der Waals surface area (Å²) in [5.74, 6) is -1.72. The fourth-order valence-corrected chi connectivity index (χ4v) is 6.34. The number of likely N-dealkylation sites (N-methyl/N-ethyl adjacent to an activating group) is 3. The van der Waals surface area contributed by atoms with E-state index in [-0.39, 0.29) is 29.6 Å². The maximum Gasteiger partial charge on any atom is 0.256 e. The number of nitrogens with zero attached hydrogens (tertiary/aromatic N) is 4. The number of hydrogen-bond acceptors (Lipinski definition) is 7. The lowest BCUT2D eigenvalue weighted by atomic mass is 9.96. The second-order valence-electron chi connectivity index (χ2n) is 12.7. The molecule has 0 saturated carbocycles.